The molecule has 1 aliphatic rings. The average Bonchev–Trinajstić information content (AvgIpc) is 3.43. The van der Waals surface area contributed by atoms with Crippen molar-refractivity contribution >= 4 is 16.9 Å². The number of carbonyl (C=O) groups excluding carboxylic acids is 1. The monoisotopic (exact) mass is 488 g/mol. The smallest absolute Gasteiger partial charge is 0.387 e. The molecule has 0 unspecified atom stereocenters. The van der Waals surface area contributed by atoms with Gasteiger partial charge in [-0.15, -0.1) is 0 Å². The van der Waals surface area contributed by atoms with Gasteiger partial charge in [0.1, 0.15) is 22.8 Å². The maximum atomic E-state index is 12.8. The number of hydrogen-bond donors (Lipinski definition) is 1. The Morgan fingerprint density at radius 2 is 1.97 bits per heavy atom. The van der Waals surface area contributed by atoms with Gasteiger partial charge in [0.15, 0.2) is 0 Å². The standard InChI is InChI=1S/C26H22F2N6O2/c1-26(2,14-29)24-30-12-17(13-31-24)15-6-7-19-21(11-15)34-9-8-20(22(34)32-19)33-23(35)16-4-3-5-18(10-16)36-25(27)28/h3-7,10-13,20,25H,8-9H2,1-2H3,(H,33,35)/t20-/m1/s1. The van der Waals surface area contributed by atoms with E-state index in [-0.39, 0.29) is 17.4 Å². The Morgan fingerprint density at radius 1 is 1.19 bits per heavy atom. The lowest BCUT2D eigenvalue weighted by Gasteiger charge is -2.13. The molecule has 0 saturated carbocycles. The summed E-state index contributed by atoms with van der Waals surface area (Å²) in [5.74, 6) is 0.735. The van der Waals surface area contributed by atoms with Crippen molar-refractivity contribution in [3.05, 3.63) is 72.1 Å². The highest BCUT2D eigenvalue weighted by atomic mass is 19.3. The van der Waals surface area contributed by atoms with Crippen molar-refractivity contribution in [2.45, 2.75) is 44.9 Å². The van der Waals surface area contributed by atoms with E-state index < -0.39 is 17.9 Å². The number of aromatic nitrogens is 4. The molecule has 5 rings (SSSR count). The molecule has 1 aliphatic heterocycles. The van der Waals surface area contributed by atoms with Crippen LogP contribution in [0.5, 0.6) is 5.75 Å². The first kappa shape index (κ1) is 23.4. The van der Waals surface area contributed by atoms with E-state index in [1.54, 1.807) is 32.3 Å². The fourth-order valence-corrected chi connectivity index (χ4v) is 4.25. The number of aryl methyl sites for hydroxylation is 1. The Hall–Kier alpha value is -4.39. The van der Waals surface area contributed by atoms with Gasteiger partial charge in [-0.2, -0.15) is 14.0 Å². The van der Waals surface area contributed by atoms with Crippen molar-refractivity contribution in [1.82, 2.24) is 24.8 Å². The number of benzene rings is 2. The van der Waals surface area contributed by atoms with Crippen molar-refractivity contribution in [1.29, 1.82) is 5.26 Å². The number of halogens is 2. The van der Waals surface area contributed by atoms with Gasteiger partial charge in [-0.1, -0.05) is 12.1 Å². The molecule has 3 heterocycles. The number of ether oxygens (including phenoxy) is 1. The van der Waals surface area contributed by atoms with E-state index in [2.05, 4.69) is 30.7 Å². The first-order chi connectivity index (χ1) is 17.2. The third-order valence-corrected chi connectivity index (χ3v) is 6.18. The molecule has 1 amide bonds. The van der Waals surface area contributed by atoms with Crippen LogP contribution in [0.3, 0.4) is 0 Å². The van der Waals surface area contributed by atoms with Crippen LogP contribution in [0.25, 0.3) is 22.2 Å². The summed E-state index contributed by atoms with van der Waals surface area (Å²) in [5, 5.41) is 12.3. The molecule has 2 aromatic heterocycles. The van der Waals surface area contributed by atoms with Gasteiger partial charge in [-0.25, -0.2) is 15.0 Å². The van der Waals surface area contributed by atoms with E-state index in [1.807, 2.05) is 18.2 Å². The van der Waals surface area contributed by atoms with Gasteiger partial charge in [0.05, 0.1) is 23.1 Å². The summed E-state index contributed by atoms with van der Waals surface area (Å²) in [6, 6.07) is 13.4. The van der Waals surface area contributed by atoms with Crippen LogP contribution in [0, 0.1) is 11.3 Å². The Balaban J connectivity index is 1.38. The van der Waals surface area contributed by atoms with Crippen molar-refractivity contribution in [3.63, 3.8) is 0 Å². The highest BCUT2D eigenvalue weighted by molar-refractivity contribution is 5.95. The van der Waals surface area contributed by atoms with Crippen LogP contribution in [0.2, 0.25) is 0 Å². The molecule has 0 saturated heterocycles. The summed E-state index contributed by atoms with van der Waals surface area (Å²) in [4.78, 5) is 26.3. The van der Waals surface area contributed by atoms with Crippen LogP contribution in [-0.4, -0.2) is 32.0 Å². The van der Waals surface area contributed by atoms with Crippen molar-refractivity contribution in [2.24, 2.45) is 0 Å². The predicted octanol–water partition coefficient (Wildman–Crippen LogP) is 4.77. The number of rotatable bonds is 6. The minimum Gasteiger partial charge on any atom is -0.435 e. The van der Waals surface area contributed by atoms with Gasteiger partial charge in [0, 0.05) is 30.1 Å². The summed E-state index contributed by atoms with van der Waals surface area (Å²) < 4.78 is 31.5. The minimum absolute atomic E-state index is 0.0722. The SMILES string of the molecule is CC(C)(C#N)c1ncc(-c2ccc3nc4n(c3c2)CC[C@H]4NC(=O)c2cccc(OC(F)F)c2)cn1. The normalized spacial score (nSPS) is 15.1. The number of carbonyl (C=O) groups is 1. The third kappa shape index (κ3) is 4.35. The lowest BCUT2D eigenvalue weighted by molar-refractivity contribution is -0.0498. The highest BCUT2D eigenvalue weighted by Crippen LogP contribution is 2.33. The van der Waals surface area contributed by atoms with Crippen LogP contribution in [-0.2, 0) is 12.0 Å². The molecule has 1 N–H and O–H groups in total. The lowest BCUT2D eigenvalue weighted by Crippen LogP contribution is -2.27. The van der Waals surface area contributed by atoms with E-state index in [0.29, 0.717) is 18.8 Å². The zero-order chi connectivity index (χ0) is 25.4. The van der Waals surface area contributed by atoms with E-state index in [0.717, 1.165) is 28.0 Å². The van der Waals surface area contributed by atoms with Crippen molar-refractivity contribution in [2.75, 3.05) is 0 Å². The topological polar surface area (TPSA) is 106 Å². The summed E-state index contributed by atoms with van der Waals surface area (Å²) in [7, 11) is 0. The molecule has 0 radical (unpaired) electrons. The van der Waals surface area contributed by atoms with Gasteiger partial charge < -0.3 is 14.6 Å². The molecule has 182 valence electrons. The molecule has 8 nitrogen and oxygen atoms in total. The third-order valence-electron chi connectivity index (χ3n) is 6.18. The number of hydrogen-bond acceptors (Lipinski definition) is 6. The zero-order valence-corrected chi connectivity index (χ0v) is 19.6. The second-order valence-electron chi connectivity index (χ2n) is 9.08. The number of amides is 1. The minimum atomic E-state index is -2.96. The fraction of sp³-hybridized carbons (Fsp3) is 0.269. The van der Waals surface area contributed by atoms with E-state index >= 15 is 0 Å². The van der Waals surface area contributed by atoms with E-state index in [9.17, 15) is 18.8 Å². The molecular formula is C26H22F2N6O2. The molecule has 1 atom stereocenters. The molecule has 2 aromatic carbocycles. The molecule has 0 spiro atoms. The quantitative estimate of drug-likeness (QED) is 0.419. The number of alkyl halides is 2. The maximum absolute atomic E-state index is 12.8. The molecule has 0 fully saturated rings. The van der Waals surface area contributed by atoms with Crippen LogP contribution in [0.15, 0.2) is 54.9 Å². The molecule has 36 heavy (non-hydrogen) atoms. The molecule has 10 heteroatoms. The largest absolute Gasteiger partial charge is 0.435 e. The number of nitrogens with zero attached hydrogens (tertiary/aromatic N) is 5. The summed E-state index contributed by atoms with van der Waals surface area (Å²) in [6.45, 7) is 1.25. The van der Waals surface area contributed by atoms with Crippen LogP contribution in [0.4, 0.5) is 8.78 Å². The second kappa shape index (κ2) is 9.00. The van der Waals surface area contributed by atoms with Gasteiger partial charge in [0.25, 0.3) is 5.91 Å². The first-order valence-corrected chi connectivity index (χ1v) is 11.4. The van der Waals surface area contributed by atoms with E-state index in [1.165, 1.54) is 18.2 Å². The summed E-state index contributed by atoms with van der Waals surface area (Å²) in [5.41, 5.74) is 2.91. The summed E-state index contributed by atoms with van der Waals surface area (Å²) >= 11 is 0. The lowest BCUT2D eigenvalue weighted by atomic mass is 9.94. The predicted molar refractivity (Wildman–Crippen MR) is 127 cm³/mol. The van der Waals surface area contributed by atoms with Gasteiger partial charge in [-0.3, -0.25) is 4.79 Å². The molecular weight excluding hydrogens is 466 g/mol. The van der Waals surface area contributed by atoms with Crippen molar-refractivity contribution in [3.8, 4) is 22.9 Å². The van der Waals surface area contributed by atoms with Crippen LogP contribution < -0.4 is 10.1 Å². The molecule has 4 aromatic rings. The van der Waals surface area contributed by atoms with E-state index in [4.69, 9.17) is 4.98 Å². The molecule has 0 aliphatic carbocycles. The Labute approximate surface area is 205 Å². The van der Waals surface area contributed by atoms with Crippen molar-refractivity contribution < 1.29 is 18.3 Å². The maximum Gasteiger partial charge on any atom is 0.387 e. The average molecular weight is 488 g/mol. The Kier molecular flexibility index (Phi) is 5.84. The van der Waals surface area contributed by atoms with Crippen LogP contribution in [0.1, 0.15) is 48.3 Å². The van der Waals surface area contributed by atoms with Gasteiger partial charge >= 0.3 is 6.61 Å². The Bertz CT molecular complexity index is 1490. The summed E-state index contributed by atoms with van der Waals surface area (Å²) in [6.07, 6.45) is 4.07. The zero-order valence-electron chi connectivity index (χ0n) is 19.6. The Morgan fingerprint density at radius 3 is 2.69 bits per heavy atom. The number of nitriles is 1. The van der Waals surface area contributed by atoms with Gasteiger partial charge in [0.2, 0.25) is 0 Å². The van der Waals surface area contributed by atoms with Gasteiger partial charge in [-0.05, 0) is 56.2 Å². The van der Waals surface area contributed by atoms with Crippen LogP contribution >= 0.6 is 0 Å². The highest BCUT2D eigenvalue weighted by Gasteiger charge is 2.29. The molecule has 0 bridgehead atoms. The number of imidazole rings is 1. The first-order valence-electron chi connectivity index (χ1n) is 11.4. The second-order valence-corrected chi connectivity index (χ2v) is 9.08. The number of fused-ring (bicyclic) bond motifs is 3. The number of nitrogens with one attached hydrogen (secondary N) is 1. The fourth-order valence-electron chi connectivity index (χ4n) is 4.25.